The van der Waals surface area contributed by atoms with Gasteiger partial charge in [0.2, 0.25) is 0 Å². The summed E-state index contributed by atoms with van der Waals surface area (Å²) in [6, 6.07) is 5.61. The van der Waals surface area contributed by atoms with Crippen LogP contribution in [0.3, 0.4) is 0 Å². The van der Waals surface area contributed by atoms with E-state index in [2.05, 4.69) is 0 Å². The molecule has 0 atom stereocenters. The SMILES string of the molecule is COc1ccc(C/C(=C/C(=O)O)C(C)C)cc1OC. The smallest absolute Gasteiger partial charge is 0.328 e. The van der Waals surface area contributed by atoms with E-state index in [9.17, 15) is 4.79 Å². The molecule has 0 fully saturated rings. The summed E-state index contributed by atoms with van der Waals surface area (Å²) in [6.07, 6.45) is 1.87. The molecule has 4 nitrogen and oxygen atoms in total. The number of rotatable bonds is 6. The molecule has 0 saturated heterocycles. The van der Waals surface area contributed by atoms with Crippen molar-refractivity contribution in [2.75, 3.05) is 14.2 Å². The molecule has 0 spiro atoms. The minimum atomic E-state index is -0.913. The lowest BCUT2D eigenvalue weighted by molar-refractivity contribution is -0.131. The Morgan fingerprint density at radius 2 is 1.89 bits per heavy atom. The molecule has 19 heavy (non-hydrogen) atoms. The van der Waals surface area contributed by atoms with Crippen LogP contribution in [0.15, 0.2) is 29.8 Å². The molecule has 1 rings (SSSR count). The van der Waals surface area contributed by atoms with Crippen LogP contribution in [0.5, 0.6) is 11.5 Å². The number of carbonyl (C=O) groups is 1. The first-order valence-electron chi connectivity index (χ1n) is 6.12. The van der Waals surface area contributed by atoms with Gasteiger partial charge in [-0.3, -0.25) is 0 Å². The maximum absolute atomic E-state index is 10.8. The topological polar surface area (TPSA) is 55.8 Å². The molecule has 0 bridgehead atoms. The molecule has 0 aliphatic heterocycles. The lowest BCUT2D eigenvalue weighted by Crippen LogP contribution is -2.03. The molecular weight excluding hydrogens is 244 g/mol. The minimum Gasteiger partial charge on any atom is -0.493 e. The van der Waals surface area contributed by atoms with Gasteiger partial charge >= 0.3 is 5.97 Å². The van der Waals surface area contributed by atoms with Crippen LogP contribution in [0.2, 0.25) is 0 Å². The van der Waals surface area contributed by atoms with Crippen molar-refractivity contribution >= 4 is 5.97 Å². The molecule has 0 radical (unpaired) electrons. The number of hydrogen-bond acceptors (Lipinski definition) is 3. The van der Waals surface area contributed by atoms with Gasteiger partial charge in [-0.25, -0.2) is 4.79 Å². The summed E-state index contributed by atoms with van der Waals surface area (Å²) in [5, 5.41) is 8.87. The molecule has 1 aromatic rings. The van der Waals surface area contributed by atoms with Crippen LogP contribution in [0.4, 0.5) is 0 Å². The van der Waals surface area contributed by atoms with Crippen LogP contribution in [0.1, 0.15) is 19.4 Å². The largest absolute Gasteiger partial charge is 0.493 e. The Balaban J connectivity index is 3.01. The molecule has 0 aliphatic carbocycles. The lowest BCUT2D eigenvalue weighted by Gasteiger charge is -2.13. The number of methoxy groups -OCH3 is 2. The van der Waals surface area contributed by atoms with Crippen molar-refractivity contribution in [2.24, 2.45) is 5.92 Å². The first-order valence-corrected chi connectivity index (χ1v) is 6.12. The molecule has 0 aromatic heterocycles. The molecular formula is C15H20O4. The fraction of sp³-hybridized carbons (Fsp3) is 0.400. The second-order valence-corrected chi connectivity index (χ2v) is 4.58. The highest BCUT2D eigenvalue weighted by Crippen LogP contribution is 2.29. The summed E-state index contributed by atoms with van der Waals surface area (Å²) in [5.41, 5.74) is 1.87. The first kappa shape index (κ1) is 15.1. The third kappa shape index (κ3) is 4.32. The van der Waals surface area contributed by atoms with Crippen LogP contribution in [0.25, 0.3) is 0 Å². The minimum absolute atomic E-state index is 0.184. The zero-order valence-corrected chi connectivity index (χ0v) is 11.8. The third-order valence-electron chi connectivity index (χ3n) is 2.91. The first-order chi connectivity index (χ1) is 8.97. The van der Waals surface area contributed by atoms with Gasteiger partial charge in [-0.15, -0.1) is 0 Å². The summed E-state index contributed by atoms with van der Waals surface area (Å²) in [6.45, 7) is 3.96. The predicted octanol–water partition coefficient (Wildman–Crippen LogP) is 2.91. The molecule has 104 valence electrons. The monoisotopic (exact) mass is 264 g/mol. The van der Waals surface area contributed by atoms with Crippen molar-refractivity contribution in [3.05, 3.63) is 35.4 Å². The summed E-state index contributed by atoms with van der Waals surface area (Å²) in [4.78, 5) is 10.8. The van der Waals surface area contributed by atoms with Gasteiger partial charge in [-0.1, -0.05) is 25.5 Å². The second kappa shape index (κ2) is 6.83. The molecule has 0 saturated carbocycles. The Labute approximate surface area is 113 Å². The van der Waals surface area contributed by atoms with Gasteiger partial charge in [0.15, 0.2) is 11.5 Å². The van der Waals surface area contributed by atoms with E-state index in [-0.39, 0.29) is 5.92 Å². The molecule has 0 aliphatic rings. The highest BCUT2D eigenvalue weighted by Gasteiger charge is 2.10. The summed E-state index contributed by atoms with van der Waals surface area (Å²) in [5.74, 6) is 0.589. The zero-order valence-electron chi connectivity index (χ0n) is 11.8. The Morgan fingerprint density at radius 3 is 2.37 bits per heavy atom. The van der Waals surface area contributed by atoms with Crippen molar-refractivity contribution in [3.63, 3.8) is 0 Å². The van der Waals surface area contributed by atoms with Crippen molar-refractivity contribution in [3.8, 4) is 11.5 Å². The highest BCUT2D eigenvalue weighted by atomic mass is 16.5. The zero-order chi connectivity index (χ0) is 14.4. The number of ether oxygens (including phenoxy) is 2. The quantitative estimate of drug-likeness (QED) is 0.803. The average molecular weight is 264 g/mol. The number of aliphatic carboxylic acids is 1. The van der Waals surface area contributed by atoms with E-state index in [1.165, 1.54) is 6.08 Å². The fourth-order valence-corrected chi connectivity index (χ4v) is 1.81. The van der Waals surface area contributed by atoms with Crippen LogP contribution in [-0.2, 0) is 11.2 Å². The summed E-state index contributed by atoms with van der Waals surface area (Å²) in [7, 11) is 3.17. The van der Waals surface area contributed by atoms with Crippen LogP contribution < -0.4 is 9.47 Å². The summed E-state index contributed by atoms with van der Waals surface area (Å²) >= 11 is 0. The van der Waals surface area contributed by atoms with E-state index in [1.54, 1.807) is 14.2 Å². The highest BCUT2D eigenvalue weighted by molar-refractivity contribution is 5.80. The van der Waals surface area contributed by atoms with E-state index in [4.69, 9.17) is 14.6 Å². The normalized spacial score (nSPS) is 11.5. The van der Waals surface area contributed by atoms with Crippen LogP contribution in [-0.4, -0.2) is 25.3 Å². The van der Waals surface area contributed by atoms with Crippen molar-refractivity contribution in [1.29, 1.82) is 0 Å². The maximum Gasteiger partial charge on any atom is 0.328 e. The summed E-state index contributed by atoms with van der Waals surface area (Å²) < 4.78 is 10.4. The van der Waals surface area contributed by atoms with Gasteiger partial charge in [0.1, 0.15) is 0 Å². The number of benzene rings is 1. The standard InChI is InChI=1S/C15H20O4/c1-10(2)12(9-15(16)17)7-11-5-6-13(18-3)14(8-11)19-4/h5-6,8-10H,7H2,1-4H3,(H,16,17)/b12-9-. The second-order valence-electron chi connectivity index (χ2n) is 4.58. The molecule has 4 heteroatoms. The van der Waals surface area contributed by atoms with E-state index < -0.39 is 5.97 Å². The van der Waals surface area contributed by atoms with E-state index in [1.807, 2.05) is 32.0 Å². The Morgan fingerprint density at radius 1 is 1.26 bits per heavy atom. The molecule has 0 amide bonds. The van der Waals surface area contributed by atoms with Crippen LogP contribution in [0, 0.1) is 5.92 Å². The van der Waals surface area contributed by atoms with Gasteiger partial charge in [0, 0.05) is 6.08 Å². The van der Waals surface area contributed by atoms with Gasteiger partial charge in [0.25, 0.3) is 0 Å². The molecule has 1 aromatic carbocycles. The van der Waals surface area contributed by atoms with E-state index in [0.29, 0.717) is 17.9 Å². The number of hydrogen-bond donors (Lipinski definition) is 1. The fourth-order valence-electron chi connectivity index (χ4n) is 1.81. The Hall–Kier alpha value is -1.97. The van der Waals surface area contributed by atoms with Crippen molar-refractivity contribution < 1.29 is 19.4 Å². The molecule has 0 heterocycles. The van der Waals surface area contributed by atoms with Crippen LogP contribution >= 0.6 is 0 Å². The molecule has 0 unspecified atom stereocenters. The number of carboxylic acid groups (broad SMARTS) is 1. The predicted molar refractivity (Wildman–Crippen MR) is 73.8 cm³/mol. The average Bonchev–Trinajstić information content (AvgIpc) is 2.37. The van der Waals surface area contributed by atoms with Crippen molar-refractivity contribution in [2.45, 2.75) is 20.3 Å². The van der Waals surface area contributed by atoms with Gasteiger partial charge in [0.05, 0.1) is 14.2 Å². The van der Waals surface area contributed by atoms with Crippen molar-refractivity contribution in [1.82, 2.24) is 0 Å². The number of carboxylic acids is 1. The molecule has 1 N–H and O–H groups in total. The Bertz CT molecular complexity index is 475. The van der Waals surface area contributed by atoms with E-state index >= 15 is 0 Å². The third-order valence-corrected chi connectivity index (χ3v) is 2.91. The number of allylic oxidation sites excluding steroid dienone is 1. The van der Waals surface area contributed by atoms with Gasteiger partial charge < -0.3 is 14.6 Å². The lowest BCUT2D eigenvalue weighted by atomic mass is 9.95. The van der Waals surface area contributed by atoms with Gasteiger partial charge in [-0.05, 0) is 30.0 Å². The Kier molecular flexibility index (Phi) is 5.42. The maximum atomic E-state index is 10.8. The van der Waals surface area contributed by atoms with E-state index in [0.717, 1.165) is 11.1 Å². The van der Waals surface area contributed by atoms with Gasteiger partial charge in [-0.2, -0.15) is 0 Å².